The number of thioether (sulfide) groups is 1. The van der Waals surface area contributed by atoms with Gasteiger partial charge in [0.2, 0.25) is 0 Å². The molecule has 1 heterocycles. The molecule has 0 aromatic heterocycles. The number of hydrogen-bond donors (Lipinski definition) is 1. The quantitative estimate of drug-likeness (QED) is 0.321. The normalized spacial score (nSPS) is 15.6. The number of nitrogens with one attached hydrogen (secondary N) is 1. The lowest BCUT2D eigenvalue weighted by Gasteiger charge is -2.10. The SMILES string of the molecule is N#Cc1ccccc1COc1ccc(/C=C2/SC(=Nc3ccc(F)cc3)NC2=O)cc1I. The molecule has 0 atom stereocenters. The lowest BCUT2D eigenvalue weighted by atomic mass is 10.1. The van der Waals surface area contributed by atoms with Gasteiger partial charge in [-0.1, -0.05) is 24.3 Å². The summed E-state index contributed by atoms with van der Waals surface area (Å²) in [6.45, 7) is 0.293. The van der Waals surface area contributed by atoms with Gasteiger partial charge < -0.3 is 10.1 Å². The summed E-state index contributed by atoms with van der Waals surface area (Å²) in [4.78, 5) is 17.2. The maximum absolute atomic E-state index is 13.0. The molecule has 1 amide bonds. The second kappa shape index (κ2) is 9.97. The Morgan fingerprint density at radius 3 is 2.69 bits per heavy atom. The Hall–Kier alpha value is -3.16. The monoisotopic (exact) mass is 555 g/mol. The molecular weight excluding hydrogens is 540 g/mol. The molecule has 0 aliphatic carbocycles. The molecule has 1 saturated heterocycles. The highest BCUT2D eigenvalue weighted by Gasteiger charge is 2.24. The molecule has 0 radical (unpaired) electrons. The topological polar surface area (TPSA) is 74.5 Å². The van der Waals surface area contributed by atoms with Crippen molar-refractivity contribution in [3.05, 3.63) is 97.7 Å². The molecule has 4 rings (SSSR count). The number of carbonyl (C=O) groups excluding carboxylic acids is 1. The number of amidine groups is 1. The summed E-state index contributed by atoms with van der Waals surface area (Å²) in [5.41, 5.74) is 2.82. The van der Waals surface area contributed by atoms with Gasteiger partial charge in [-0.15, -0.1) is 0 Å². The Balaban J connectivity index is 1.46. The number of carbonyl (C=O) groups is 1. The minimum atomic E-state index is -0.339. The molecule has 1 N–H and O–H groups in total. The van der Waals surface area contributed by atoms with Crippen LogP contribution >= 0.6 is 34.4 Å². The molecule has 5 nitrogen and oxygen atoms in total. The van der Waals surface area contributed by atoms with Gasteiger partial charge in [0, 0.05) is 5.56 Å². The zero-order chi connectivity index (χ0) is 22.5. The first-order chi connectivity index (χ1) is 15.5. The molecule has 1 aliphatic heterocycles. The Kier molecular flexibility index (Phi) is 6.87. The third kappa shape index (κ3) is 5.36. The number of hydrogen-bond acceptors (Lipinski definition) is 5. The van der Waals surface area contributed by atoms with Gasteiger partial charge >= 0.3 is 0 Å². The van der Waals surface area contributed by atoms with Crippen molar-refractivity contribution < 1.29 is 13.9 Å². The molecular formula is C24H15FIN3O2S. The zero-order valence-electron chi connectivity index (χ0n) is 16.5. The Bertz CT molecular complexity index is 1280. The van der Waals surface area contributed by atoms with Crippen LogP contribution in [-0.2, 0) is 11.4 Å². The number of amides is 1. The molecule has 0 spiro atoms. The number of nitrogens with zero attached hydrogens (tertiary/aromatic N) is 2. The summed E-state index contributed by atoms with van der Waals surface area (Å²) in [6, 6.07) is 20.9. The first-order valence-electron chi connectivity index (χ1n) is 9.47. The zero-order valence-corrected chi connectivity index (χ0v) is 19.5. The van der Waals surface area contributed by atoms with Crippen molar-refractivity contribution >= 4 is 57.2 Å². The van der Waals surface area contributed by atoms with Crippen molar-refractivity contribution in [2.45, 2.75) is 6.61 Å². The van der Waals surface area contributed by atoms with Crippen molar-refractivity contribution in [1.29, 1.82) is 5.26 Å². The van der Waals surface area contributed by atoms with Crippen molar-refractivity contribution in [1.82, 2.24) is 5.32 Å². The maximum atomic E-state index is 13.0. The molecule has 0 saturated carbocycles. The van der Waals surface area contributed by atoms with Crippen molar-refractivity contribution in [3.63, 3.8) is 0 Å². The van der Waals surface area contributed by atoms with E-state index in [1.165, 1.54) is 23.9 Å². The molecule has 1 aliphatic rings. The number of ether oxygens (including phenoxy) is 1. The van der Waals surface area contributed by atoms with Gasteiger partial charge in [0.1, 0.15) is 18.2 Å². The predicted molar refractivity (Wildman–Crippen MR) is 132 cm³/mol. The molecule has 0 bridgehead atoms. The van der Waals surface area contributed by atoms with E-state index in [0.29, 0.717) is 33.7 Å². The summed E-state index contributed by atoms with van der Waals surface area (Å²) >= 11 is 3.41. The van der Waals surface area contributed by atoms with Crippen LogP contribution in [0, 0.1) is 20.7 Å². The number of nitriles is 1. The molecule has 0 unspecified atom stereocenters. The Morgan fingerprint density at radius 1 is 1.16 bits per heavy atom. The van der Waals surface area contributed by atoms with Gasteiger partial charge in [0.15, 0.2) is 5.17 Å². The largest absolute Gasteiger partial charge is 0.488 e. The summed E-state index contributed by atoms with van der Waals surface area (Å²) in [5, 5.41) is 12.4. The average molecular weight is 555 g/mol. The molecule has 3 aromatic carbocycles. The molecule has 158 valence electrons. The minimum absolute atomic E-state index is 0.237. The van der Waals surface area contributed by atoms with Gasteiger partial charge in [-0.3, -0.25) is 4.79 Å². The highest BCUT2D eigenvalue weighted by atomic mass is 127. The number of halogens is 2. The van der Waals surface area contributed by atoms with Gasteiger partial charge in [-0.25, -0.2) is 9.38 Å². The van der Waals surface area contributed by atoms with Gasteiger partial charge in [-0.05, 0) is 88.5 Å². The van der Waals surface area contributed by atoms with Crippen LogP contribution in [0.3, 0.4) is 0 Å². The fourth-order valence-electron chi connectivity index (χ4n) is 2.90. The molecule has 8 heteroatoms. The first-order valence-corrected chi connectivity index (χ1v) is 11.4. The van der Waals surface area contributed by atoms with Crippen molar-refractivity contribution in [2.24, 2.45) is 4.99 Å². The van der Waals surface area contributed by atoms with E-state index < -0.39 is 0 Å². The van der Waals surface area contributed by atoms with Crippen LogP contribution < -0.4 is 10.1 Å². The number of rotatable bonds is 5. The first kappa shape index (κ1) is 22.0. The van der Waals surface area contributed by atoms with E-state index in [0.717, 1.165) is 14.7 Å². The van der Waals surface area contributed by atoms with Crippen molar-refractivity contribution in [2.75, 3.05) is 0 Å². The van der Waals surface area contributed by atoms with E-state index in [-0.39, 0.29) is 11.7 Å². The van der Waals surface area contributed by atoms with Crippen LogP contribution in [0.1, 0.15) is 16.7 Å². The Labute approximate surface area is 202 Å². The van der Waals surface area contributed by atoms with Crippen LogP contribution in [0.4, 0.5) is 10.1 Å². The highest BCUT2D eigenvalue weighted by Crippen LogP contribution is 2.30. The second-order valence-electron chi connectivity index (χ2n) is 6.71. The summed E-state index contributed by atoms with van der Waals surface area (Å²) in [5.74, 6) is 0.121. The fourth-order valence-corrected chi connectivity index (χ4v) is 4.44. The molecule has 3 aromatic rings. The number of benzene rings is 3. The number of aliphatic imine (C=N–C) groups is 1. The maximum Gasteiger partial charge on any atom is 0.264 e. The van der Waals surface area contributed by atoms with Crippen LogP contribution in [0.5, 0.6) is 5.75 Å². The van der Waals surface area contributed by atoms with Crippen LogP contribution in [0.15, 0.2) is 76.6 Å². The molecule has 32 heavy (non-hydrogen) atoms. The second-order valence-corrected chi connectivity index (χ2v) is 8.90. The standard InChI is InChI=1S/C24H15FIN3O2S/c25-18-6-8-19(9-7-18)28-24-29-23(30)22(32-24)12-15-5-10-21(20(26)11-15)31-14-17-4-2-1-3-16(17)13-27/h1-12H,14H2,(H,28,29,30)/b22-12+. The minimum Gasteiger partial charge on any atom is -0.488 e. The van der Waals surface area contributed by atoms with Gasteiger partial charge in [-0.2, -0.15) is 5.26 Å². The fraction of sp³-hybridized carbons (Fsp3) is 0.0417. The third-order valence-corrected chi connectivity index (χ3v) is 6.24. The lowest BCUT2D eigenvalue weighted by Crippen LogP contribution is -2.19. The van der Waals surface area contributed by atoms with E-state index in [1.54, 1.807) is 24.3 Å². The Morgan fingerprint density at radius 2 is 1.94 bits per heavy atom. The predicted octanol–water partition coefficient (Wildman–Crippen LogP) is 5.77. The van der Waals surface area contributed by atoms with E-state index in [9.17, 15) is 14.4 Å². The smallest absolute Gasteiger partial charge is 0.264 e. The van der Waals surface area contributed by atoms with Gasteiger partial charge in [0.25, 0.3) is 5.91 Å². The van der Waals surface area contributed by atoms with E-state index in [2.05, 4.69) is 39.0 Å². The average Bonchev–Trinajstić information content (AvgIpc) is 3.13. The van der Waals surface area contributed by atoms with Gasteiger partial charge in [0.05, 0.1) is 25.8 Å². The van der Waals surface area contributed by atoms with E-state index in [1.807, 2.05) is 36.4 Å². The lowest BCUT2D eigenvalue weighted by molar-refractivity contribution is -0.115. The van der Waals surface area contributed by atoms with Crippen LogP contribution in [-0.4, -0.2) is 11.1 Å². The summed E-state index contributed by atoms with van der Waals surface area (Å²) in [7, 11) is 0. The van der Waals surface area contributed by atoms with E-state index >= 15 is 0 Å². The van der Waals surface area contributed by atoms with E-state index in [4.69, 9.17) is 4.74 Å². The third-order valence-electron chi connectivity index (χ3n) is 4.48. The van der Waals surface area contributed by atoms with Crippen LogP contribution in [0.25, 0.3) is 6.08 Å². The highest BCUT2D eigenvalue weighted by molar-refractivity contribution is 14.1. The summed E-state index contributed by atoms with van der Waals surface area (Å²) < 4.78 is 19.8. The van der Waals surface area contributed by atoms with Crippen molar-refractivity contribution in [3.8, 4) is 11.8 Å². The summed E-state index contributed by atoms with van der Waals surface area (Å²) in [6.07, 6.45) is 1.78. The van der Waals surface area contributed by atoms with Crippen LogP contribution in [0.2, 0.25) is 0 Å². The molecule has 1 fully saturated rings.